The quantitative estimate of drug-likeness (QED) is 0.875. The van der Waals surface area contributed by atoms with Crippen LogP contribution in [0.15, 0.2) is 36.9 Å². The molecule has 0 unspecified atom stereocenters. The first-order valence-corrected chi connectivity index (χ1v) is 8.21. The fraction of sp³-hybridized carbons (Fsp3) is 0.471. The van der Waals surface area contributed by atoms with Crippen LogP contribution in [-0.2, 0) is 4.74 Å². The largest absolute Gasteiger partial charge is 0.392 e. The topological polar surface area (TPSA) is 89.3 Å². The molecule has 2 fully saturated rings. The molecule has 1 aliphatic heterocycles. The van der Waals surface area contributed by atoms with Crippen LogP contribution in [0.2, 0.25) is 0 Å². The van der Waals surface area contributed by atoms with Crippen LogP contribution in [-0.4, -0.2) is 51.1 Å². The minimum atomic E-state index is -0.355. The molecule has 2 N–H and O–H groups in total. The molecule has 4 rings (SSSR count). The van der Waals surface area contributed by atoms with E-state index in [1.807, 2.05) is 12.1 Å². The minimum absolute atomic E-state index is 0.00632. The number of aromatic nitrogens is 3. The Labute approximate surface area is 139 Å². The fourth-order valence-electron chi connectivity index (χ4n) is 3.72. The molecule has 1 saturated heterocycles. The number of amides is 1. The van der Waals surface area contributed by atoms with Crippen LogP contribution in [0.5, 0.6) is 0 Å². The lowest BCUT2D eigenvalue weighted by molar-refractivity contribution is -0.145. The van der Waals surface area contributed by atoms with Crippen LogP contribution < -0.4 is 5.32 Å². The van der Waals surface area contributed by atoms with Gasteiger partial charge in [0.15, 0.2) is 0 Å². The smallest absolute Gasteiger partial charge is 0.254 e. The predicted molar refractivity (Wildman–Crippen MR) is 85.7 cm³/mol. The summed E-state index contributed by atoms with van der Waals surface area (Å²) in [5, 5.41) is 17.5. The van der Waals surface area contributed by atoms with Gasteiger partial charge in [-0.1, -0.05) is 0 Å². The number of hydrogen-bond acceptors (Lipinski definition) is 5. The monoisotopic (exact) mass is 328 g/mol. The minimum Gasteiger partial charge on any atom is -0.392 e. The highest BCUT2D eigenvalue weighted by molar-refractivity contribution is 5.94. The lowest BCUT2D eigenvalue weighted by atomic mass is 9.58. The molecule has 2 aliphatic rings. The fourth-order valence-corrected chi connectivity index (χ4v) is 3.72. The number of aliphatic hydroxyl groups is 1. The van der Waals surface area contributed by atoms with Crippen molar-refractivity contribution >= 4 is 5.91 Å². The van der Waals surface area contributed by atoms with Gasteiger partial charge in [-0.25, -0.2) is 4.68 Å². The van der Waals surface area contributed by atoms with E-state index >= 15 is 0 Å². The summed E-state index contributed by atoms with van der Waals surface area (Å²) in [4.78, 5) is 16.5. The van der Waals surface area contributed by atoms with Crippen LogP contribution in [0, 0.1) is 5.41 Å². The van der Waals surface area contributed by atoms with E-state index in [1.165, 1.54) is 0 Å². The van der Waals surface area contributed by atoms with Gasteiger partial charge < -0.3 is 15.2 Å². The first-order chi connectivity index (χ1) is 11.7. The van der Waals surface area contributed by atoms with Gasteiger partial charge in [0.1, 0.15) is 0 Å². The van der Waals surface area contributed by atoms with Gasteiger partial charge in [0, 0.05) is 43.3 Å². The Morgan fingerprint density at radius 3 is 2.79 bits per heavy atom. The number of rotatable bonds is 3. The second-order valence-corrected chi connectivity index (χ2v) is 6.50. The predicted octanol–water partition coefficient (Wildman–Crippen LogP) is 0.927. The Balaban J connectivity index is 1.46. The zero-order valence-corrected chi connectivity index (χ0v) is 13.3. The van der Waals surface area contributed by atoms with Crippen molar-refractivity contribution in [3.63, 3.8) is 0 Å². The molecule has 0 bridgehead atoms. The van der Waals surface area contributed by atoms with Crippen molar-refractivity contribution in [3.05, 3.63) is 42.5 Å². The van der Waals surface area contributed by atoms with Crippen LogP contribution in [0.25, 0.3) is 5.69 Å². The van der Waals surface area contributed by atoms with Gasteiger partial charge in [0.05, 0.1) is 23.6 Å². The lowest BCUT2D eigenvalue weighted by Gasteiger charge is -2.55. The molecule has 2 atom stereocenters. The van der Waals surface area contributed by atoms with E-state index in [0.717, 1.165) is 18.5 Å². The Morgan fingerprint density at radius 2 is 2.08 bits per heavy atom. The third-order valence-electron chi connectivity index (χ3n) is 5.32. The Kier molecular flexibility index (Phi) is 3.82. The first-order valence-electron chi connectivity index (χ1n) is 8.21. The molecule has 0 radical (unpaired) electrons. The zero-order valence-electron chi connectivity index (χ0n) is 13.3. The van der Waals surface area contributed by atoms with E-state index in [1.54, 1.807) is 29.5 Å². The average molecular weight is 328 g/mol. The van der Waals surface area contributed by atoms with Crippen molar-refractivity contribution in [2.24, 2.45) is 5.41 Å². The van der Waals surface area contributed by atoms with E-state index in [4.69, 9.17) is 4.74 Å². The van der Waals surface area contributed by atoms with Gasteiger partial charge in [0.2, 0.25) is 0 Å². The lowest BCUT2D eigenvalue weighted by Crippen LogP contribution is -2.65. The molecule has 1 saturated carbocycles. The van der Waals surface area contributed by atoms with Gasteiger partial charge in [0.25, 0.3) is 5.91 Å². The Bertz CT molecular complexity index is 724. The van der Waals surface area contributed by atoms with E-state index in [2.05, 4.69) is 15.4 Å². The maximum atomic E-state index is 12.5. The average Bonchev–Trinajstić information content (AvgIpc) is 3.13. The Hall–Kier alpha value is -2.25. The summed E-state index contributed by atoms with van der Waals surface area (Å²) in [7, 11) is 0. The molecule has 7 heteroatoms. The van der Waals surface area contributed by atoms with Crippen molar-refractivity contribution in [1.82, 2.24) is 20.1 Å². The van der Waals surface area contributed by atoms with Crippen LogP contribution in [0.4, 0.5) is 0 Å². The maximum Gasteiger partial charge on any atom is 0.254 e. The van der Waals surface area contributed by atoms with Crippen molar-refractivity contribution in [2.45, 2.75) is 31.4 Å². The molecule has 126 valence electrons. The molecule has 0 aromatic carbocycles. The summed E-state index contributed by atoms with van der Waals surface area (Å²) >= 11 is 0. The second-order valence-electron chi connectivity index (χ2n) is 6.50. The number of ether oxygens (including phenoxy) is 1. The molecule has 2 aromatic heterocycles. The van der Waals surface area contributed by atoms with Gasteiger partial charge >= 0.3 is 0 Å². The molecule has 2 aromatic rings. The van der Waals surface area contributed by atoms with Crippen LogP contribution >= 0.6 is 0 Å². The molecule has 7 nitrogen and oxygen atoms in total. The van der Waals surface area contributed by atoms with Gasteiger partial charge in [-0.05, 0) is 31.4 Å². The first kappa shape index (κ1) is 15.3. The number of aliphatic hydroxyl groups excluding tert-OH is 1. The van der Waals surface area contributed by atoms with Gasteiger partial charge in [-0.15, -0.1) is 0 Å². The SMILES string of the molecule is O=C(N[C@@H]1C[C@@H](O)C12CCOCC2)c1cnn(-c2ccncc2)c1. The Morgan fingerprint density at radius 1 is 1.33 bits per heavy atom. The van der Waals surface area contributed by atoms with Crippen molar-refractivity contribution in [2.75, 3.05) is 13.2 Å². The van der Waals surface area contributed by atoms with Crippen molar-refractivity contribution in [3.8, 4) is 5.69 Å². The summed E-state index contributed by atoms with van der Waals surface area (Å²) in [6.07, 6.45) is 8.45. The second kappa shape index (κ2) is 5.99. The highest BCUT2D eigenvalue weighted by atomic mass is 16.5. The number of carbonyl (C=O) groups excluding carboxylic acids is 1. The molecule has 24 heavy (non-hydrogen) atoms. The van der Waals surface area contributed by atoms with E-state index in [9.17, 15) is 9.90 Å². The molecule has 1 aliphatic carbocycles. The van der Waals surface area contributed by atoms with Crippen molar-refractivity contribution in [1.29, 1.82) is 0 Å². The van der Waals surface area contributed by atoms with Crippen LogP contribution in [0.3, 0.4) is 0 Å². The van der Waals surface area contributed by atoms with E-state index in [0.29, 0.717) is 25.2 Å². The summed E-state index contributed by atoms with van der Waals surface area (Å²) in [5.74, 6) is -0.155. The summed E-state index contributed by atoms with van der Waals surface area (Å²) in [6, 6.07) is 3.65. The summed E-state index contributed by atoms with van der Waals surface area (Å²) < 4.78 is 7.05. The van der Waals surface area contributed by atoms with E-state index < -0.39 is 0 Å². The standard InChI is InChI=1S/C17H20N4O3/c22-15-9-14(17(15)3-7-24-8-4-17)20-16(23)12-10-19-21(11-12)13-1-5-18-6-2-13/h1-2,5-6,10-11,14-15,22H,3-4,7-9H2,(H,20,23)/t14-,15-/m1/s1. The highest BCUT2D eigenvalue weighted by Gasteiger charge is 2.55. The summed E-state index contributed by atoms with van der Waals surface area (Å²) in [5.41, 5.74) is 1.13. The summed E-state index contributed by atoms with van der Waals surface area (Å²) in [6.45, 7) is 1.28. The number of carbonyl (C=O) groups is 1. The van der Waals surface area contributed by atoms with Crippen molar-refractivity contribution < 1.29 is 14.6 Å². The maximum absolute atomic E-state index is 12.5. The third-order valence-corrected chi connectivity index (χ3v) is 5.32. The molecule has 1 spiro atoms. The normalized spacial score (nSPS) is 25.2. The molecule has 3 heterocycles. The molecular formula is C17H20N4O3. The van der Waals surface area contributed by atoms with Gasteiger partial charge in [-0.2, -0.15) is 5.10 Å². The third kappa shape index (κ3) is 2.50. The number of nitrogens with zero attached hydrogens (tertiary/aromatic N) is 3. The molecular weight excluding hydrogens is 308 g/mol. The number of hydrogen-bond donors (Lipinski definition) is 2. The van der Waals surface area contributed by atoms with Gasteiger partial charge in [-0.3, -0.25) is 9.78 Å². The highest BCUT2D eigenvalue weighted by Crippen LogP contribution is 2.49. The van der Waals surface area contributed by atoms with E-state index in [-0.39, 0.29) is 23.5 Å². The number of nitrogens with one attached hydrogen (secondary N) is 1. The molecule has 1 amide bonds. The zero-order chi connectivity index (χ0) is 16.6. The number of pyridine rings is 1. The van der Waals surface area contributed by atoms with Crippen LogP contribution in [0.1, 0.15) is 29.6 Å².